The first kappa shape index (κ1) is 21.0. The summed E-state index contributed by atoms with van der Waals surface area (Å²) >= 11 is 0. The smallest absolute Gasteiger partial charge is 0.407 e. The maximum Gasteiger partial charge on any atom is 0.407 e. The summed E-state index contributed by atoms with van der Waals surface area (Å²) in [5.41, 5.74) is 0.893. The lowest BCUT2D eigenvalue weighted by atomic mass is 10.1. The standard InChI is InChI=1S/C19H30N2O4/c1-3-4-5-9-12-18(23)21-17(13-22)15(2)20-19(24)25-14-16-10-7-6-8-11-16/h6-8,10-11,15,17,22H,3-5,9,12-14H2,1-2H3,(H,20,24)(H,21,23)/t15-,17+/m0/s1. The van der Waals surface area contributed by atoms with E-state index >= 15 is 0 Å². The third-order valence-corrected chi connectivity index (χ3v) is 3.96. The van der Waals surface area contributed by atoms with Crippen molar-refractivity contribution in [2.24, 2.45) is 0 Å². The van der Waals surface area contributed by atoms with Crippen molar-refractivity contribution in [1.82, 2.24) is 10.6 Å². The molecule has 0 heterocycles. The second-order valence-corrected chi connectivity index (χ2v) is 6.16. The van der Waals surface area contributed by atoms with E-state index in [4.69, 9.17) is 4.74 Å². The molecule has 6 heteroatoms. The third-order valence-electron chi connectivity index (χ3n) is 3.96. The van der Waals surface area contributed by atoms with Crippen molar-refractivity contribution >= 4 is 12.0 Å². The van der Waals surface area contributed by atoms with Crippen molar-refractivity contribution in [2.75, 3.05) is 6.61 Å². The van der Waals surface area contributed by atoms with Crippen molar-refractivity contribution in [2.45, 2.75) is 64.6 Å². The van der Waals surface area contributed by atoms with Crippen LogP contribution in [0.2, 0.25) is 0 Å². The van der Waals surface area contributed by atoms with E-state index in [1.165, 1.54) is 0 Å². The SMILES string of the molecule is CCCCCCC(=O)N[C@H](CO)[C@H](C)NC(=O)OCc1ccccc1. The number of aliphatic hydroxyl groups is 1. The summed E-state index contributed by atoms with van der Waals surface area (Å²) in [6, 6.07) is 8.39. The molecule has 140 valence electrons. The first-order valence-corrected chi connectivity index (χ1v) is 8.94. The van der Waals surface area contributed by atoms with Gasteiger partial charge in [0.2, 0.25) is 5.91 Å². The average molecular weight is 350 g/mol. The van der Waals surface area contributed by atoms with Crippen molar-refractivity contribution < 1.29 is 19.4 Å². The van der Waals surface area contributed by atoms with Crippen LogP contribution in [0.25, 0.3) is 0 Å². The molecule has 1 aromatic carbocycles. The van der Waals surface area contributed by atoms with Gasteiger partial charge in [0, 0.05) is 6.42 Å². The van der Waals surface area contributed by atoms with Crippen LogP contribution in [0.5, 0.6) is 0 Å². The first-order valence-electron chi connectivity index (χ1n) is 8.94. The number of hydrogen-bond acceptors (Lipinski definition) is 4. The second-order valence-electron chi connectivity index (χ2n) is 6.16. The van der Waals surface area contributed by atoms with Gasteiger partial charge < -0.3 is 20.5 Å². The zero-order valence-electron chi connectivity index (χ0n) is 15.2. The lowest BCUT2D eigenvalue weighted by Crippen LogP contribution is -2.52. The lowest BCUT2D eigenvalue weighted by Gasteiger charge is -2.24. The van der Waals surface area contributed by atoms with E-state index in [-0.39, 0.29) is 19.1 Å². The highest BCUT2D eigenvalue weighted by Gasteiger charge is 2.20. The summed E-state index contributed by atoms with van der Waals surface area (Å²) in [5.74, 6) is -0.110. The normalized spacial score (nSPS) is 12.9. The van der Waals surface area contributed by atoms with Gasteiger partial charge in [0.05, 0.1) is 18.7 Å². The molecule has 0 radical (unpaired) electrons. The number of ether oxygens (including phenoxy) is 1. The van der Waals surface area contributed by atoms with E-state index in [1.807, 2.05) is 30.3 Å². The Morgan fingerprint density at radius 1 is 1.12 bits per heavy atom. The Morgan fingerprint density at radius 2 is 1.84 bits per heavy atom. The molecule has 0 spiro atoms. The maximum atomic E-state index is 11.9. The molecule has 2 atom stereocenters. The molecule has 0 bridgehead atoms. The Morgan fingerprint density at radius 3 is 2.48 bits per heavy atom. The number of carbonyl (C=O) groups is 2. The molecule has 0 aliphatic carbocycles. The summed E-state index contributed by atoms with van der Waals surface area (Å²) < 4.78 is 5.15. The van der Waals surface area contributed by atoms with Gasteiger partial charge in [0.15, 0.2) is 0 Å². The number of nitrogens with one attached hydrogen (secondary N) is 2. The molecule has 0 saturated heterocycles. The van der Waals surface area contributed by atoms with Crippen LogP contribution < -0.4 is 10.6 Å². The molecule has 6 nitrogen and oxygen atoms in total. The molecule has 0 aromatic heterocycles. The van der Waals surface area contributed by atoms with Gasteiger partial charge in [-0.05, 0) is 18.9 Å². The molecule has 0 saturated carbocycles. The number of amides is 2. The Balaban J connectivity index is 2.32. The highest BCUT2D eigenvalue weighted by atomic mass is 16.5. The molecule has 3 N–H and O–H groups in total. The molecule has 0 aliphatic rings. The van der Waals surface area contributed by atoms with Crippen LogP contribution in [0.15, 0.2) is 30.3 Å². The summed E-state index contributed by atoms with van der Waals surface area (Å²) in [5, 5.41) is 14.9. The average Bonchev–Trinajstić information content (AvgIpc) is 2.62. The molecule has 2 amide bonds. The molecular weight excluding hydrogens is 320 g/mol. The van der Waals surface area contributed by atoms with Crippen LogP contribution in [-0.2, 0) is 16.1 Å². The quantitative estimate of drug-likeness (QED) is 0.536. The summed E-state index contributed by atoms with van der Waals surface area (Å²) in [7, 11) is 0. The van der Waals surface area contributed by atoms with Gasteiger partial charge in [-0.2, -0.15) is 0 Å². The summed E-state index contributed by atoms with van der Waals surface area (Å²) in [4.78, 5) is 23.8. The minimum absolute atomic E-state index is 0.110. The molecule has 0 fully saturated rings. The van der Waals surface area contributed by atoms with E-state index in [0.717, 1.165) is 31.2 Å². The van der Waals surface area contributed by atoms with Gasteiger partial charge in [0.25, 0.3) is 0 Å². The van der Waals surface area contributed by atoms with Gasteiger partial charge in [-0.15, -0.1) is 0 Å². The molecular formula is C19H30N2O4. The van der Waals surface area contributed by atoms with E-state index in [2.05, 4.69) is 17.6 Å². The van der Waals surface area contributed by atoms with Crippen molar-refractivity contribution in [1.29, 1.82) is 0 Å². The minimum Gasteiger partial charge on any atom is -0.445 e. The van der Waals surface area contributed by atoms with Crippen molar-refractivity contribution in [3.8, 4) is 0 Å². The highest BCUT2D eigenvalue weighted by Crippen LogP contribution is 2.04. The molecule has 25 heavy (non-hydrogen) atoms. The van der Waals surface area contributed by atoms with E-state index in [0.29, 0.717) is 6.42 Å². The minimum atomic E-state index is -0.577. The van der Waals surface area contributed by atoms with E-state index in [1.54, 1.807) is 6.92 Å². The Hall–Kier alpha value is -2.08. The number of alkyl carbamates (subject to hydrolysis) is 1. The molecule has 1 aromatic rings. The Kier molecular flexibility index (Phi) is 10.3. The van der Waals surface area contributed by atoms with Crippen LogP contribution in [0.4, 0.5) is 4.79 Å². The van der Waals surface area contributed by atoms with Gasteiger partial charge in [0.1, 0.15) is 6.61 Å². The number of unbranched alkanes of at least 4 members (excludes halogenated alkanes) is 3. The number of aliphatic hydroxyl groups excluding tert-OH is 1. The van der Waals surface area contributed by atoms with Gasteiger partial charge in [-0.25, -0.2) is 4.79 Å². The topological polar surface area (TPSA) is 87.7 Å². The summed E-state index contributed by atoms with van der Waals surface area (Å²) in [6.45, 7) is 3.77. The Labute approximate surface area is 150 Å². The second kappa shape index (κ2) is 12.3. The predicted octanol–water partition coefficient (Wildman–Crippen LogP) is 2.75. The first-order chi connectivity index (χ1) is 12.1. The number of carbonyl (C=O) groups excluding carboxylic acids is 2. The zero-order valence-corrected chi connectivity index (χ0v) is 15.2. The van der Waals surface area contributed by atoms with Crippen LogP contribution >= 0.6 is 0 Å². The molecule has 0 unspecified atom stereocenters. The number of rotatable bonds is 11. The van der Waals surface area contributed by atoms with Crippen LogP contribution in [0.1, 0.15) is 51.5 Å². The van der Waals surface area contributed by atoms with Gasteiger partial charge in [-0.1, -0.05) is 56.5 Å². The molecule has 1 rings (SSSR count). The fraction of sp³-hybridized carbons (Fsp3) is 0.579. The fourth-order valence-corrected chi connectivity index (χ4v) is 2.37. The predicted molar refractivity (Wildman–Crippen MR) is 97.0 cm³/mol. The zero-order chi connectivity index (χ0) is 18.5. The van der Waals surface area contributed by atoms with E-state index in [9.17, 15) is 14.7 Å². The maximum absolute atomic E-state index is 11.9. The largest absolute Gasteiger partial charge is 0.445 e. The van der Waals surface area contributed by atoms with Crippen molar-refractivity contribution in [3.05, 3.63) is 35.9 Å². The Bertz CT molecular complexity index is 507. The van der Waals surface area contributed by atoms with E-state index < -0.39 is 18.2 Å². The van der Waals surface area contributed by atoms with Crippen LogP contribution in [0, 0.1) is 0 Å². The van der Waals surface area contributed by atoms with Gasteiger partial charge >= 0.3 is 6.09 Å². The number of benzene rings is 1. The fourth-order valence-electron chi connectivity index (χ4n) is 2.37. The summed E-state index contributed by atoms with van der Waals surface area (Å²) in [6.07, 6.45) is 3.94. The van der Waals surface area contributed by atoms with Crippen LogP contribution in [-0.4, -0.2) is 35.8 Å². The molecule has 0 aliphatic heterocycles. The highest BCUT2D eigenvalue weighted by molar-refractivity contribution is 5.76. The monoisotopic (exact) mass is 350 g/mol. The van der Waals surface area contributed by atoms with Gasteiger partial charge in [-0.3, -0.25) is 4.79 Å². The lowest BCUT2D eigenvalue weighted by molar-refractivity contribution is -0.122. The number of hydrogen-bond donors (Lipinski definition) is 3. The van der Waals surface area contributed by atoms with Crippen molar-refractivity contribution in [3.63, 3.8) is 0 Å². The third kappa shape index (κ3) is 9.10. The van der Waals surface area contributed by atoms with Crippen LogP contribution in [0.3, 0.4) is 0 Å².